The molecule has 1 amide bonds. The number of amidine groups is 1. The van der Waals surface area contributed by atoms with Crippen molar-refractivity contribution in [2.24, 2.45) is 4.99 Å². The first kappa shape index (κ1) is 49.3. The van der Waals surface area contributed by atoms with E-state index >= 15 is 0 Å². The molecule has 1 N–H and O–H groups in total. The van der Waals surface area contributed by atoms with E-state index in [2.05, 4.69) is 144 Å². The molecule has 0 aromatic heterocycles. The van der Waals surface area contributed by atoms with Crippen LogP contribution in [0.3, 0.4) is 0 Å². The Balaban J connectivity index is 2.09. The summed E-state index contributed by atoms with van der Waals surface area (Å²) in [5.74, 6) is 53.2. The average molecular weight is 757 g/mol. The Morgan fingerprint density at radius 3 is 1.23 bits per heavy atom. The van der Waals surface area contributed by atoms with Crippen LogP contribution in [-0.4, -0.2) is 49.5 Å². The predicted octanol–water partition coefficient (Wildman–Crippen LogP) is 8.62. The van der Waals surface area contributed by atoms with Crippen LogP contribution in [0, 0.1) is 131 Å². The van der Waals surface area contributed by atoms with Gasteiger partial charge in [0.15, 0.2) is 5.84 Å². The van der Waals surface area contributed by atoms with E-state index in [1.807, 2.05) is 0 Å². The molecule has 1 atom stereocenters. The molecule has 0 radical (unpaired) electrons. The lowest BCUT2D eigenvalue weighted by atomic mass is 10.0. The normalized spacial score (nSPS) is 12.5. The van der Waals surface area contributed by atoms with Crippen LogP contribution in [0.25, 0.3) is 0 Å². The summed E-state index contributed by atoms with van der Waals surface area (Å²) in [5, 5.41) is 2.88. The Kier molecular flexibility index (Phi) is 33.3. The fourth-order valence-corrected chi connectivity index (χ4v) is 6.30. The van der Waals surface area contributed by atoms with Gasteiger partial charge in [-0.1, -0.05) is 142 Å². The highest BCUT2D eigenvalue weighted by atomic mass is 16.1. The van der Waals surface area contributed by atoms with Crippen molar-refractivity contribution in [2.45, 2.75) is 155 Å². The highest BCUT2D eigenvalue weighted by Gasteiger charge is 2.32. The maximum absolute atomic E-state index is 12.2. The van der Waals surface area contributed by atoms with E-state index < -0.39 is 0 Å². The third kappa shape index (κ3) is 32.2. The maximum atomic E-state index is 12.2. The second-order valence-electron chi connectivity index (χ2n) is 14.2. The lowest BCUT2D eigenvalue weighted by molar-refractivity contribution is -0.814. The summed E-state index contributed by atoms with van der Waals surface area (Å²) in [7, 11) is 2.22. The minimum absolute atomic E-state index is 0.353. The first-order valence-electron chi connectivity index (χ1n) is 21.3. The lowest BCUT2D eigenvalue weighted by Crippen LogP contribution is -2.51. The van der Waals surface area contributed by atoms with Gasteiger partial charge in [0, 0.05) is 36.0 Å². The summed E-state index contributed by atoms with van der Waals surface area (Å²) in [5.41, 5.74) is 0. The molecule has 0 bridgehead atoms. The third-order valence-corrected chi connectivity index (χ3v) is 9.53. The molecule has 1 aliphatic rings. The molecule has 57 heavy (non-hydrogen) atoms. The molecule has 1 aliphatic heterocycles. The van der Waals surface area contributed by atoms with E-state index in [1.54, 1.807) is 0 Å². The van der Waals surface area contributed by atoms with E-state index in [4.69, 9.17) is 11.4 Å². The van der Waals surface area contributed by atoms with Crippen LogP contribution in [0.4, 0.5) is 0 Å². The Labute approximate surface area is 348 Å². The molecule has 0 spiro atoms. The Bertz CT molecular complexity index is 1930. The van der Waals surface area contributed by atoms with Gasteiger partial charge in [0.05, 0.1) is 20.1 Å². The van der Waals surface area contributed by atoms with Gasteiger partial charge in [0.2, 0.25) is 0 Å². The van der Waals surface area contributed by atoms with Gasteiger partial charge in [0.1, 0.15) is 13.1 Å². The second kappa shape index (κ2) is 38.5. The zero-order valence-corrected chi connectivity index (χ0v) is 35.0. The number of terminal acetylenes is 1. The molecule has 1 unspecified atom stereocenters. The molecular weight excluding hydrogens is 695 g/mol. The number of quaternary nitrogens is 1. The molecule has 4 heteroatoms. The zero-order chi connectivity index (χ0) is 41.0. The SMILES string of the molecule is C#CC#CC#CC#CC#CC#CC#CC#CC#CC#CC#CC(=O)NCC[N+]1(C)CCN=C1CCCCCCCCCCCCCCCCCCCCCCCC. The fraction of sp³-hybridized carbons (Fsp3) is 0.547. The Morgan fingerprint density at radius 2 is 0.860 bits per heavy atom. The standard InChI is InChI=1S/C53H61N3O/c1-4-6-8-10-12-14-16-18-20-22-24-26-27-28-30-32-34-36-38-40-42-44-46-52-54-48-50-56(52,3)51-49-55-53(57)47-45-43-41-39-37-35-33-31-29-25-23-21-19-17-15-13-11-9-7-5-2/h2H,4,6,8,10,12,14,16,18,20,22,24,26-28,30,32,34,36,38,40,42,44,46,48-51H2,1,3H3/p+1. The van der Waals surface area contributed by atoms with Crippen molar-refractivity contribution in [1.29, 1.82) is 0 Å². The van der Waals surface area contributed by atoms with Crippen LogP contribution in [0.2, 0.25) is 0 Å². The number of likely N-dealkylation sites (N-methyl/N-ethyl adjacent to an activating group) is 1. The van der Waals surface area contributed by atoms with Crippen LogP contribution in [0.1, 0.15) is 155 Å². The minimum atomic E-state index is -0.353. The first-order valence-corrected chi connectivity index (χ1v) is 21.3. The number of unbranched alkanes of at least 4 members (excludes halogenated alkanes) is 21. The number of hydrogen-bond acceptors (Lipinski definition) is 2. The molecule has 0 aliphatic carbocycles. The van der Waals surface area contributed by atoms with Crippen molar-refractivity contribution in [1.82, 2.24) is 5.32 Å². The molecule has 0 aromatic carbocycles. The van der Waals surface area contributed by atoms with Crippen molar-refractivity contribution >= 4 is 11.7 Å². The number of aliphatic imine (C=N–C) groups is 1. The molecule has 1 rings (SSSR count). The quantitative estimate of drug-likeness (QED) is 0.0537. The third-order valence-electron chi connectivity index (χ3n) is 9.53. The van der Waals surface area contributed by atoms with Gasteiger partial charge in [-0.05, 0) is 101 Å². The average Bonchev–Trinajstić information content (AvgIpc) is 3.58. The number of rotatable bonds is 26. The molecule has 294 valence electrons. The summed E-state index contributed by atoms with van der Waals surface area (Å²) in [4.78, 5) is 17.0. The highest BCUT2D eigenvalue weighted by Crippen LogP contribution is 2.18. The Hall–Kier alpha value is -5.74. The largest absolute Gasteiger partial charge is 0.340 e. The highest BCUT2D eigenvalue weighted by molar-refractivity contribution is 5.94. The van der Waals surface area contributed by atoms with Gasteiger partial charge in [-0.2, -0.15) is 0 Å². The van der Waals surface area contributed by atoms with Crippen molar-refractivity contribution in [2.75, 3.05) is 33.2 Å². The number of carbonyl (C=O) groups is 1. The van der Waals surface area contributed by atoms with E-state index in [1.165, 1.54) is 147 Å². The smallest absolute Gasteiger partial charge is 0.297 e. The summed E-state index contributed by atoms with van der Waals surface area (Å²) >= 11 is 0. The van der Waals surface area contributed by atoms with Gasteiger partial charge in [-0.3, -0.25) is 9.28 Å². The summed E-state index contributed by atoms with van der Waals surface area (Å²) in [6.07, 6.45) is 36.8. The number of carbonyl (C=O) groups excluding carboxylic acids is 1. The molecule has 0 aromatic rings. The molecule has 0 saturated carbocycles. The number of nitrogens with zero attached hydrogens (tertiary/aromatic N) is 2. The van der Waals surface area contributed by atoms with Gasteiger partial charge in [-0.25, -0.2) is 4.99 Å². The van der Waals surface area contributed by atoms with Crippen LogP contribution < -0.4 is 5.32 Å². The van der Waals surface area contributed by atoms with E-state index in [0.29, 0.717) is 6.54 Å². The predicted molar refractivity (Wildman–Crippen MR) is 240 cm³/mol. The van der Waals surface area contributed by atoms with Crippen molar-refractivity contribution < 1.29 is 9.28 Å². The maximum Gasteiger partial charge on any atom is 0.297 e. The van der Waals surface area contributed by atoms with Crippen LogP contribution in [0.15, 0.2) is 4.99 Å². The van der Waals surface area contributed by atoms with Gasteiger partial charge in [0.25, 0.3) is 5.91 Å². The van der Waals surface area contributed by atoms with E-state index in [-0.39, 0.29) is 5.91 Å². The summed E-state index contributed by atoms with van der Waals surface area (Å²) in [6.45, 7) is 5.47. The van der Waals surface area contributed by atoms with Gasteiger partial charge in [-0.15, -0.1) is 6.42 Å². The summed E-state index contributed by atoms with van der Waals surface area (Å²) < 4.78 is 0.797. The number of amides is 1. The number of nitrogens with one attached hydrogen (secondary N) is 1. The van der Waals surface area contributed by atoms with E-state index in [0.717, 1.165) is 30.5 Å². The topological polar surface area (TPSA) is 41.5 Å². The lowest BCUT2D eigenvalue weighted by Gasteiger charge is -2.30. The van der Waals surface area contributed by atoms with Crippen LogP contribution >= 0.6 is 0 Å². The summed E-state index contributed by atoms with van der Waals surface area (Å²) in [6, 6.07) is 0. The first-order chi connectivity index (χ1) is 28.1. The van der Waals surface area contributed by atoms with Crippen molar-refractivity contribution in [3.8, 4) is 131 Å². The zero-order valence-electron chi connectivity index (χ0n) is 35.0. The van der Waals surface area contributed by atoms with Gasteiger partial charge < -0.3 is 5.32 Å². The fourth-order valence-electron chi connectivity index (χ4n) is 6.30. The second-order valence-corrected chi connectivity index (χ2v) is 14.2. The molecule has 1 heterocycles. The van der Waals surface area contributed by atoms with Gasteiger partial charge >= 0.3 is 0 Å². The molecule has 0 fully saturated rings. The van der Waals surface area contributed by atoms with Crippen molar-refractivity contribution in [3.05, 3.63) is 0 Å². The minimum Gasteiger partial charge on any atom is -0.340 e. The monoisotopic (exact) mass is 756 g/mol. The molecule has 4 nitrogen and oxygen atoms in total. The number of hydrogen-bond donors (Lipinski definition) is 1. The molecular formula is C53H62N3O+. The van der Waals surface area contributed by atoms with Crippen LogP contribution in [0.5, 0.6) is 0 Å². The van der Waals surface area contributed by atoms with Crippen LogP contribution in [-0.2, 0) is 4.79 Å². The Morgan fingerprint density at radius 1 is 0.526 bits per heavy atom. The molecule has 0 saturated heterocycles. The van der Waals surface area contributed by atoms with E-state index in [9.17, 15) is 4.79 Å². The van der Waals surface area contributed by atoms with Crippen molar-refractivity contribution in [3.63, 3.8) is 0 Å².